The average Bonchev–Trinajstić information content (AvgIpc) is 2.28. The lowest BCUT2D eigenvalue weighted by molar-refractivity contribution is 0.578. The van der Waals surface area contributed by atoms with E-state index in [0.29, 0.717) is 12.4 Å². The van der Waals surface area contributed by atoms with Crippen LogP contribution in [0.25, 0.3) is 0 Å². The largest absolute Gasteiger partial charge is 0.446 e. The van der Waals surface area contributed by atoms with Crippen molar-refractivity contribution in [3.05, 3.63) is 17.9 Å². The van der Waals surface area contributed by atoms with E-state index in [0.717, 1.165) is 5.56 Å². The van der Waals surface area contributed by atoms with Gasteiger partial charge in [0.25, 0.3) is 0 Å². The normalized spacial score (nSPS) is 14.8. The van der Waals surface area contributed by atoms with Crippen LogP contribution >= 0.6 is 0 Å². The first-order valence-electron chi connectivity index (χ1n) is 3.06. The van der Waals surface area contributed by atoms with Crippen molar-refractivity contribution < 1.29 is 4.42 Å². The molecule has 1 aromatic heterocycles. The van der Waals surface area contributed by atoms with Crippen molar-refractivity contribution in [2.75, 3.05) is 6.54 Å². The Kier molecular flexibility index (Phi) is 1.13. The fourth-order valence-corrected chi connectivity index (χ4v) is 0.836. The summed E-state index contributed by atoms with van der Waals surface area (Å²) in [5, 5.41) is 0. The molecule has 0 saturated carbocycles. The van der Waals surface area contributed by atoms with Crippen LogP contribution in [0.3, 0.4) is 0 Å². The molecule has 0 radical (unpaired) electrons. The van der Waals surface area contributed by atoms with Gasteiger partial charge in [0.15, 0.2) is 0 Å². The van der Waals surface area contributed by atoms with Crippen molar-refractivity contribution in [2.24, 2.45) is 9.98 Å². The zero-order chi connectivity index (χ0) is 6.81. The van der Waals surface area contributed by atoms with Gasteiger partial charge >= 0.3 is 0 Å². The molecule has 50 valence electrons. The summed E-state index contributed by atoms with van der Waals surface area (Å²) in [5.41, 5.74) is 0.953. The third kappa shape index (κ3) is 0.757. The summed E-state index contributed by atoms with van der Waals surface area (Å²) in [7, 11) is 0. The van der Waals surface area contributed by atoms with E-state index in [-0.39, 0.29) is 0 Å². The predicted octanol–water partition coefficient (Wildman–Crippen LogP) is 1.41. The molecule has 0 aliphatic carbocycles. The first-order valence-corrected chi connectivity index (χ1v) is 3.06. The van der Waals surface area contributed by atoms with Gasteiger partial charge in [-0.1, -0.05) is 0 Å². The standard InChI is InChI=1S/C7H6N2O/c1-4-10-7-6(1)5-8-2-3-9-7/h1,3-5H,2H2. The van der Waals surface area contributed by atoms with Crippen molar-refractivity contribution in [1.82, 2.24) is 0 Å². The van der Waals surface area contributed by atoms with Crippen LogP contribution in [-0.4, -0.2) is 19.0 Å². The summed E-state index contributed by atoms with van der Waals surface area (Å²) in [5.74, 6) is 0.654. The van der Waals surface area contributed by atoms with Gasteiger partial charge in [-0.3, -0.25) is 4.99 Å². The summed E-state index contributed by atoms with van der Waals surface area (Å²) in [4.78, 5) is 8.08. The van der Waals surface area contributed by atoms with Crippen LogP contribution in [-0.2, 0) is 0 Å². The van der Waals surface area contributed by atoms with Crippen LogP contribution < -0.4 is 0 Å². The second kappa shape index (κ2) is 2.10. The van der Waals surface area contributed by atoms with Crippen LogP contribution in [0.4, 0.5) is 5.88 Å². The van der Waals surface area contributed by atoms with Gasteiger partial charge in [0, 0.05) is 12.4 Å². The molecule has 0 fully saturated rings. The average molecular weight is 134 g/mol. The molecule has 3 heteroatoms. The Bertz CT molecular complexity index is 259. The predicted molar refractivity (Wildman–Crippen MR) is 39.3 cm³/mol. The summed E-state index contributed by atoms with van der Waals surface area (Å²) in [6.45, 7) is 0.643. The maximum atomic E-state index is 5.05. The van der Waals surface area contributed by atoms with E-state index in [1.807, 2.05) is 6.07 Å². The van der Waals surface area contributed by atoms with Gasteiger partial charge in [-0.2, -0.15) is 0 Å². The highest BCUT2D eigenvalue weighted by molar-refractivity contribution is 5.88. The topological polar surface area (TPSA) is 37.9 Å². The highest BCUT2D eigenvalue weighted by Gasteiger charge is 2.01. The molecule has 0 saturated heterocycles. The highest BCUT2D eigenvalue weighted by Crippen LogP contribution is 2.18. The Labute approximate surface area is 58.1 Å². The number of furan rings is 1. The molecule has 0 N–H and O–H groups in total. The van der Waals surface area contributed by atoms with Crippen molar-refractivity contribution in [3.8, 4) is 0 Å². The molecule has 3 nitrogen and oxygen atoms in total. The first kappa shape index (κ1) is 5.41. The third-order valence-electron chi connectivity index (χ3n) is 1.30. The summed E-state index contributed by atoms with van der Waals surface area (Å²) in [6.07, 6.45) is 5.11. The Morgan fingerprint density at radius 2 is 2.50 bits per heavy atom. The number of rotatable bonds is 0. The lowest BCUT2D eigenvalue weighted by atomic mass is 10.3. The molecule has 0 spiro atoms. The smallest absolute Gasteiger partial charge is 0.227 e. The minimum atomic E-state index is 0.643. The lowest BCUT2D eigenvalue weighted by Gasteiger charge is -1.82. The van der Waals surface area contributed by atoms with Crippen molar-refractivity contribution in [2.45, 2.75) is 0 Å². The van der Waals surface area contributed by atoms with E-state index in [9.17, 15) is 0 Å². The Morgan fingerprint density at radius 1 is 1.50 bits per heavy atom. The molecule has 1 aromatic rings. The van der Waals surface area contributed by atoms with Crippen molar-refractivity contribution in [3.63, 3.8) is 0 Å². The second-order valence-electron chi connectivity index (χ2n) is 1.99. The quantitative estimate of drug-likeness (QED) is 0.528. The fourth-order valence-electron chi connectivity index (χ4n) is 0.836. The minimum Gasteiger partial charge on any atom is -0.446 e. The van der Waals surface area contributed by atoms with E-state index in [2.05, 4.69) is 9.98 Å². The summed E-state index contributed by atoms with van der Waals surface area (Å²) in [6, 6.07) is 1.85. The number of hydrogen-bond donors (Lipinski definition) is 0. The maximum absolute atomic E-state index is 5.05. The summed E-state index contributed by atoms with van der Waals surface area (Å²) >= 11 is 0. The summed E-state index contributed by atoms with van der Waals surface area (Å²) < 4.78 is 5.05. The number of nitrogens with zero attached hydrogens (tertiary/aromatic N) is 2. The Hall–Kier alpha value is -1.38. The van der Waals surface area contributed by atoms with Crippen molar-refractivity contribution in [1.29, 1.82) is 0 Å². The Balaban J connectivity index is 2.56. The van der Waals surface area contributed by atoms with Crippen LogP contribution in [0, 0.1) is 0 Å². The van der Waals surface area contributed by atoms with Gasteiger partial charge in [-0.15, -0.1) is 0 Å². The second-order valence-corrected chi connectivity index (χ2v) is 1.99. The Morgan fingerprint density at radius 3 is 3.50 bits per heavy atom. The number of hydrogen-bond acceptors (Lipinski definition) is 3. The van der Waals surface area contributed by atoms with E-state index in [4.69, 9.17) is 4.42 Å². The lowest BCUT2D eigenvalue weighted by Crippen LogP contribution is -1.77. The maximum Gasteiger partial charge on any atom is 0.227 e. The minimum absolute atomic E-state index is 0.643. The molecule has 10 heavy (non-hydrogen) atoms. The highest BCUT2D eigenvalue weighted by atomic mass is 16.3. The van der Waals surface area contributed by atoms with Crippen LogP contribution in [0.1, 0.15) is 5.56 Å². The molecule has 0 bridgehead atoms. The molecule has 0 atom stereocenters. The van der Waals surface area contributed by atoms with Crippen LogP contribution in [0.5, 0.6) is 0 Å². The molecule has 2 heterocycles. The first-order chi connectivity index (χ1) is 4.97. The molecule has 0 aromatic carbocycles. The van der Waals surface area contributed by atoms with Gasteiger partial charge < -0.3 is 4.42 Å². The van der Waals surface area contributed by atoms with Crippen molar-refractivity contribution >= 4 is 18.3 Å². The van der Waals surface area contributed by atoms with E-state index >= 15 is 0 Å². The van der Waals surface area contributed by atoms with Gasteiger partial charge in [0.05, 0.1) is 18.4 Å². The van der Waals surface area contributed by atoms with Gasteiger partial charge in [0.1, 0.15) is 0 Å². The van der Waals surface area contributed by atoms with E-state index < -0.39 is 0 Å². The van der Waals surface area contributed by atoms with Gasteiger partial charge in [-0.05, 0) is 6.07 Å². The molecule has 1 aliphatic rings. The number of aliphatic imine (C=N–C) groups is 2. The molecule has 1 aliphatic heterocycles. The molecule has 2 rings (SSSR count). The fraction of sp³-hybridized carbons (Fsp3) is 0.143. The monoisotopic (exact) mass is 134 g/mol. The van der Waals surface area contributed by atoms with Gasteiger partial charge in [-0.25, -0.2) is 4.99 Å². The molecular weight excluding hydrogens is 128 g/mol. The molecule has 0 amide bonds. The number of fused-ring (bicyclic) bond motifs is 1. The molecule has 0 unspecified atom stereocenters. The zero-order valence-corrected chi connectivity index (χ0v) is 5.32. The van der Waals surface area contributed by atoms with E-state index in [1.54, 1.807) is 18.7 Å². The van der Waals surface area contributed by atoms with E-state index in [1.165, 1.54) is 0 Å². The van der Waals surface area contributed by atoms with Crippen LogP contribution in [0.2, 0.25) is 0 Å². The van der Waals surface area contributed by atoms with Crippen LogP contribution in [0.15, 0.2) is 26.7 Å². The third-order valence-corrected chi connectivity index (χ3v) is 1.30. The zero-order valence-electron chi connectivity index (χ0n) is 5.32. The van der Waals surface area contributed by atoms with Gasteiger partial charge in [0.2, 0.25) is 5.88 Å². The SMILES string of the molecule is C1=NCC=Nc2occc21. The molecular formula is C7H6N2O.